The highest BCUT2D eigenvalue weighted by Crippen LogP contribution is 2.14. The molecule has 0 spiro atoms. The Bertz CT molecular complexity index is 1330. The topological polar surface area (TPSA) is 243 Å². The molecular weight excluding hydrogens is 646 g/mol. The Kier molecular flexibility index (Phi) is 13.1. The normalized spacial score (nSPS) is 19.0. The molecule has 8 amide bonds. The van der Waals surface area contributed by atoms with E-state index in [1.807, 2.05) is 0 Å². The number of hydrogen-bond acceptors (Lipinski definition) is 15. The Morgan fingerprint density at radius 2 is 1.10 bits per heavy atom. The summed E-state index contributed by atoms with van der Waals surface area (Å²) in [6.07, 6.45) is -2.71. The van der Waals surface area contributed by atoms with E-state index in [4.69, 9.17) is 23.7 Å². The average molecular weight is 682 g/mol. The fourth-order valence-corrected chi connectivity index (χ4v) is 4.23. The molecule has 0 aliphatic carbocycles. The molecule has 0 radical (unpaired) electrons. The van der Waals surface area contributed by atoms with Crippen molar-refractivity contribution in [1.29, 1.82) is 0 Å². The van der Waals surface area contributed by atoms with Crippen LogP contribution in [0.4, 0.5) is 14.4 Å². The molecule has 0 aromatic carbocycles. The van der Waals surface area contributed by atoms with Crippen LogP contribution in [0.1, 0.15) is 40.5 Å². The van der Waals surface area contributed by atoms with Crippen LogP contribution in [0, 0.1) is 0 Å². The Labute approximate surface area is 273 Å². The first kappa shape index (κ1) is 37.1. The molecule has 3 aliphatic rings. The molecule has 3 rings (SSSR count). The van der Waals surface area contributed by atoms with Gasteiger partial charge in [0.15, 0.2) is 12.5 Å². The molecule has 0 saturated carbocycles. The van der Waals surface area contributed by atoms with Gasteiger partial charge >= 0.3 is 18.3 Å². The van der Waals surface area contributed by atoms with Crippen LogP contribution >= 0.6 is 0 Å². The van der Waals surface area contributed by atoms with Gasteiger partial charge < -0.3 is 34.3 Å². The van der Waals surface area contributed by atoms with Gasteiger partial charge in [-0.15, -0.1) is 0 Å². The second kappa shape index (κ2) is 17.0. The van der Waals surface area contributed by atoms with Crippen LogP contribution in [0.15, 0.2) is 24.3 Å². The van der Waals surface area contributed by atoms with Gasteiger partial charge in [-0.1, -0.05) is 5.06 Å². The zero-order valence-electron chi connectivity index (χ0n) is 26.4. The van der Waals surface area contributed by atoms with Crippen molar-refractivity contribution >= 4 is 53.8 Å². The number of hydroxylamine groups is 2. The van der Waals surface area contributed by atoms with E-state index in [2.05, 4.69) is 15.5 Å². The van der Waals surface area contributed by atoms with Crippen molar-refractivity contribution in [3.8, 4) is 0 Å². The van der Waals surface area contributed by atoms with E-state index in [1.165, 1.54) is 20.8 Å². The predicted octanol–water partition coefficient (Wildman–Crippen LogP) is -0.623. The molecule has 48 heavy (non-hydrogen) atoms. The number of hydrogen-bond donors (Lipinski definition) is 2. The van der Waals surface area contributed by atoms with E-state index in [0.717, 1.165) is 34.1 Å². The molecular formula is C28H35N5O15. The maximum atomic E-state index is 12.3. The fraction of sp³-hybridized carbons (Fsp3) is 0.536. The van der Waals surface area contributed by atoms with Gasteiger partial charge in [0.05, 0.1) is 31.9 Å². The van der Waals surface area contributed by atoms with E-state index in [1.54, 1.807) is 6.92 Å². The summed E-state index contributed by atoms with van der Waals surface area (Å²) in [4.78, 5) is 113. The number of ether oxygens (including phenoxy) is 5. The van der Waals surface area contributed by atoms with Gasteiger partial charge in [-0.25, -0.2) is 24.2 Å². The third-order valence-corrected chi connectivity index (χ3v) is 6.51. The summed E-state index contributed by atoms with van der Waals surface area (Å²) in [6.45, 7) is 4.73. The van der Waals surface area contributed by atoms with Gasteiger partial charge in [0.2, 0.25) is 0 Å². The highest BCUT2D eigenvalue weighted by molar-refractivity contribution is 6.13. The van der Waals surface area contributed by atoms with Crippen molar-refractivity contribution in [2.75, 3.05) is 26.4 Å². The van der Waals surface area contributed by atoms with Gasteiger partial charge in [-0.3, -0.25) is 33.6 Å². The van der Waals surface area contributed by atoms with Crippen molar-refractivity contribution in [2.45, 2.75) is 71.2 Å². The van der Waals surface area contributed by atoms with Crippen LogP contribution in [-0.4, -0.2) is 126 Å². The van der Waals surface area contributed by atoms with Crippen molar-refractivity contribution in [1.82, 2.24) is 25.5 Å². The Balaban J connectivity index is 1.47. The number of nitrogens with one attached hydrogen (secondary N) is 2. The van der Waals surface area contributed by atoms with E-state index in [9.17, 15) is 43.2 Å². The zero-order chi connectivity index (χ0) is 35.5. The zero-order valence-corrected chi connectivity index (χ0v) is 26.4. The number of nitrogens with zero attached hydrogens (tertiary/aromatic N) is 3. The van der Waals surface area contributed by atoms with Crippen molar-refractivity contribution < 1.29 is 71.7 Å². The molecule has 1 fully saturated rings. The molecule has 0 bridgehead atoms. The molecule has 20 nitrogen and oxygen atoms in total. The first-order valence-corrected chi connectivity index (χ1v) is 14.6. The third-order valence-electron chi connectivity index (χ3n) is 6.51. The lowest BCUT2D eigenvalue weighted by molar-refractivity contribution is -0.178. The second-order valence-electron chi connectivity index (χ2n) is 10.6. The molecule has 5 unspecified atom stereocenters. The summed E-state index contributed by atoms with van der Waals surface area (Å²) in [5.41, 5.74) is 0. The molecule has 5 atom stereocenters. The quantitative estimate of drug-likeness (QED) is 0.117. The average Bonchev–Trinajstić information content (AvgIpc) is 3.64. The minimum atomic E-state index is -1.37. The predicted molar refractivity (Wildman–Crippen MR) is 153 cm³/mol. The van der Waals surface area contributed by atoms with Crippen LogP contribution in [0.3, 0.4) is 0 Å². The summed E-state index contributed by atoms with van der Waals surface area (Å²) < 4.78 is 26.4. The molecule has 0 aromatic rings. The lowest BCUT2D eigenvalue weighted by atomic mass is 10.3. The van der Waals surface area contributed by atoms with E-state index >= 15 is 0 Å². The standard InChI is InChI=1S/C28H35N5O15/c1-15(29-26(40)46-17(3)31-20(34)5-6-21(31)35)11-43-13-19(14-45-28(42)48-33-24(38)9-10-25(33)39)44-12-16(2)30-27(41)47-18(4)32-22(36)7-8-23(32)37/h5-8,15-19H,9-14H2,1-4H3,(H,29,40)(H,30,41). The molecule has 1 saturated heterocycles. The Morgan fingerprint density at radius 1 is 0.667 bits per heavy atom. The lowest BCUT2D eigenvalue weighted by Gasteiger charge is -2.25. The number of amides is 8. The smallest absolute Gasteiger partial charge is 0.430 e. The molecule has 3 aliphatic heterocycles. The molecule has 0 aromatic heterocycles. The van der Waals surface area contributed by atoms with E-state index in [0.29, 0.717) is 5.06 Å². The van der Waals surface area contributed by atoms with Crippen LogP contribution < -0.4 is 10.6 Å². The fourth-order valence-electron chi connectivity index (χ4n) is 4.23. The first-order chi connectivity index (χ1) is 22.7. The van der Waals surface area contributed by atoms with E-state index < -0.39 is 91.0 Å². The van der Waals surface area contributed by atoms with Gasteiger partial charge in [0.25, 0.3) is 35.4 Å². The first-order valence-electron chi connectivity index (χ1n) is 14.6. The van der Waals surface area contributed by atoms with Crippen molar-refractivity contribution in [2.24, 2.45) is 0 Å². The molecule has 3 heterocycles. The van der Waals surface area contributed by atoms with Crippen LogP contribution in [0.5, 0.6) is 0 Å². The summed E-state index contributed by atoms with van der Waals surface area (Å²) in [6, 6.07) is -1.38. The minimum Gasteiger partial charge on any atom is -0.430 e. The number of rotatable bonds is 16. The molecule has 20 heteroatoms. The number of imide groups is 3. The Morgan fingerprint density at radius 3 is 1.56 bits per heavy atom. The van der Waals surface area contributed by atoms with Gasteiger partial charge in [-0.2, -0.15) is 0 Å². The number of alkyl carbamates (subject to hydrolysis) is 2. The van der Waals surface area contributed by atoms with E-state index in [-0.39, 0.29) is 32.7 Å². The summed E-state index contributed by atoms with van der Waals surface area (Å²) in [7, 11) is 0. The summed E-state index contributed by atoms with van der Waals surface area (Å²) >= 11 is 0. The maximum Gasteiger partial charge on any atom is 0.534 e. The summed E-state index contributed by atoms with van der Waals surface area (Å²) in [5, 5.41) is 5.22. The SMILES string of the molecule is CC(COCC(COC(=O)ON1C(=O)CCC1=O)OCC(C)NC(=O)OC(C)N1C(=O)C=CC1=O)NC(=O)OC(C)N1C(=O)C=CC1=O. The highest BCUT2D eigenvalue weighted by Gasteiger charge is 2.34. The second-order valence-corrected chi connectivity index (χ2v) is 10.6. The highest BCUT2D eigenvalue weighted by atomic mass is 16.8. The molecule has 262 valence electrons. The number of carbonyl (C=O) groups excluding carboxylic acids is 9. The number of carbonyl (C=O) groups is 9. The maximum absolute atomic E-state index is 12.3. The largest absolute Gasteiger partial charge is 0.534 e. The summed E-state index contributed by atoms with van der Waals surface area (Å²) in [5.74, 6) is -3.96. The van der Waals surface area contributed by atoms with Crippen molar-refractivity contribution in [3.05, 3.63) is 24.3 Å². The third kappa shape index (κ3) is 10.6. The van der Waals surface area contributed by atoms with Crippen LogP contribution in [0.25, 0.3) is 0 Å². The van der Waals surface area contributed by atoms with Gasteiger partial charge in [-0.05, 0) is 27.7 Å². The monoisotopic (exact) mass is 681 g/mol. The van der Waals surface area contributed by atoms with Crippen LogP contribution in [-0.2, 0) is 57.3 Å². The minimum absolute atomic E-state index is 0.117. The lowest BCUT2D eigenvalue weighted by Crippen LogP contribution is -2.45. The molecule has 2 N–H and O–H groups in total. The van der Waals surface area contributed by atoms with Crippen LogP contribution in [0.2, 0.25) is 0 Å². The van der Waals surface area contributed by atoms with Crippen molar-refractivity contribution in [3.63, 3.8) is 0 Å². The van der Waals surface area contributed by atoms with Gasteiger partial charge in [0.1, 0.15) is 12.7 Å². The Hall–Kier alpha value is -5.37. The van der Waals surface area contributed by atoms with Gasteiger partial charge in [0, 0.05) is 37.1 Å².